The second-order valence-corrected chi connectivity index (χ2v) is 12.5. The van der Waals surface area contributed by atoms with Gasteiger partial charge in [-0.15, -0.1) is 0 Å². The average molecular weight is 677 g/mol. The molecule has 0 saturated heterocycles. The number of carbonyl (C=O) groups is 1. The molecule has 45 heavy (non-hydrogen) atoms. The second-order valence-electron chi connectivity index (χ2n) is 11.0. The van der Waals surface area contributed by atoms with Crippen molar-refractivity contribution in [2.75, 3.05) is 18.0 Å². The Hall–Kier alpha value is -3.61. The number of halogens is 4. The molecule has 1 unspecified atom stereocenters. The van der Waals surface area contributed by atoms with Crippen LogP contribution < -0.4 is 4.90 Å². The molecule has 1 aliphatic rings. The van der Waals surface area contributed by atoms with E-state index in [1.165, 1.54) is 0 Å². The molecule has 3 heterocycles. The predicted molar refractivity (Wildman–Crippen MR) is 186 cm³/mol. The number of anilines is 1. The van der Waals surface area contributed by atoms with Gasteiger partial charge in [0.1, 0.15) is 5.65 Å². The van der Waals surface area contributed by atoms with E-state index >= 15 is 0 Å². The number of aryl methyl sites for hydroxylation is 1. The summed E-state index contributed by atoms with van der Waals surface area (Å²) in [6, 6.07) is 28.5. The molecule has 4 aromatic carbocycles. The van der Waals surface area contributed by atoms with Crippen molar-refractivity contribution in [3.05, 3.63) is 127 Å². The number of hydrogen-bond donors (Lipinski definition) is 0. The molecule has 0 spiro atoms. The fraction of sp³-hybridized carbons (Fsp3) is 0.194. The molecular weight excluding hydrogens is 648 g/mol. The minimum atomic E-state index is -1.54. The Balaban J connectivity index is 1.70. The number of aromatic nitrogens is 2. The van der Waals surface area contributed by atoms with E-state index in [4.69, 9.17) is 51.1 Å². The highest BCUT2D eigenvalue weighted by Crippen LogP contribution is 2.57. The summed E-state index contributed by atoms with van der Waals surface area (Å²) < 4.78 is 11.1. The van der Waals surface area contributed by atoms with Crippen LogP contribution in [0.15, 0.2) is 84.9 Å². The number of para-hydroxylation sites is 2. The number of rotatable bonds is 7. The van der Waals surface area contributed by atoms with Crippen molar-refractivity contribution in [3.63, 3.8) is 0 Å². The van der Waals surface area contributed by atoms with Crippen LogP contribution in [0.2, 0.25) is 20.1 Å². The molecule has 0 bridgehead atoms. The van der Waals surface area contributed by atoms with E-state index < -0.39 is 11.6 Å². The quantitative estimate of drug-likeness (QED) is 0.0959. The van der Waals surface area contributed by atoms with Crippen LogP contribution in [0.4, 0.5) is 5.69 Å². The Labute approximate surface area is 281 Å². The van der Waals surface area contributed by atoms with Crippen LogP contribution in [0.25, 0.3) is 27.8 Å². The van der Waals surface area contributed by atoms with Gasteiger partial charge in [-0.1, -0.05) is 101 Å². The van der Waals surface area contributed by atoms with Gasteiger partial charge in [0, 0.05) is 42.0 Å². The number of carbonyl (C=O) groups excluding carboxylic acids is 1. The standard InChI is InChI=1S/C36H29Cl4N3O2/c1-4-41(5-2)23-18-16-22(17-19-23)36(29-28(35(44)45-36)30(37)32(39)33(40)31(29)38)34-24(21-12-8-7-9-13-21)20-27-42(6-3)25-14-10-11-15-26(25)43(27)34/h7-20H,4-6H2,1-3H3. The maximum Gasteiger partial charge on any atom is 0.341 e. The molecule has 9 heteroatoms. The molecule has 0 amide bonds. The zero-order chi connectivity index (χ0) is 31.6. The first-order chi connectivity index (χ1) is 21.8. The molecule has 0 aliphatic carbocycles. The van der Waals surface area contributed by atoms with Gasteiger partial charge in [0.05, 0.1) is 42.4 Å². The number of esters is 1. The summed E-state index contributed by atoms with van der Waals surface area (Å²) in [4.78, 5) is 16.3. The number of cyclic esters (lactones) is 1. The van der Waals surface area contributed by atoms with Gasteiger partial charge in [-0.05, 0) is 56.7 Å². The van der Waals surface area contributed by atoms with Crippen molar-refractivity contribution in [1.82, 2.24) is 8.97 Å². The van der Waals surface area contributed by atoms with Gasteiger partial charge in [-0.25, -0.2) is 4.79 Å². The van der Waals surface area contributed by atoms with Crippen LogP contribution in [-0.4, -0.2) is 28.0 Å². The van der Waals surface area contributed by atoms with Crippen molar-refractivity contribution in [1.29, 1.82) is 0 Å². The van der Waals surface area contributed by atoms with Crippen LogP contribution in [0.5, 0.6) is 0 Å². The van der Waals surface area contributed by atoms with Crippen molar-refractivity contribution in [2.24, 2.45) is 0 Å². The smallest absolute Gasteiger partial charge is 0.341 e. The lowest BCUT2D eigenvalue weighted by atomic mass is 9.80. The predicted octanol–water partition coefficient (Wildman–Crippen LogP) is 10.5. The Morgan fingerprint density at radius 3 is 2.02 bits per heavy atom. The van der Waals surface area contributed by atoms with Crippen molar-refractivity contribution in [2.45, 2.75) is 32.9 Å². The number of nitrogens with zero attached hydrogens (tertiary/aromatic N) is 3. The lowest BCUT2D eigenvalue weighted by Crippen LogP contribution is -2.32. The van der Waals surface area contributed by atoms with Crippen LogP contribution in [0.3, 0.4) is 0 Å². The van der Waals surface area contributed by atoms with E-state index in [0.717, 1.165) is 53.1 Å². The maximum absolute atomic E-state index is 14.1. The van der Waals surface area contributed by atoms with Crippen molar-refractivity contribution in [3.8, 4) is 11.1 Å². The van der Waals surface area contributed by atoms with Crippen LogP contribution >= 0.6 is 46.4 Å². The van der Waals surface area contributed by atoms with Crippen LogP contribution in [-0.2, 0) is 16.9 Å². The van der Waals surface area contributed by atoms with Crippen molar-refractivity contribution >= 4 is 74.7 Å². The largest absolute Gasteiger partial charge is 0.439 e. The third-order valence-corrected chi connectivity index (χ3v) is 10.7. The summed E-state index contributed by atoms with van der Waals surface area (Å²) in [6.45, 7) is 8.78. The summed E-state index contributed by atoms with van der Waals surface area (Å²) in [5.41, 5.74) is 6.18. The highest BCUT2D eigenvalue weighted by molar-refractivity contribution is 6.53. The fourth-order valence-electron chi connectivity index (χ4n) is 6.86. The molecule has 2 aromatic heterocycles. The SMILES string of the molecule is CCN(CC)c1ccc(C2(c3c(-c4ccccc4)cc4n(CC)c5ccccc5n34)OC(=O)c3c(Cl)c(Cl)c(Cl)c(Cl)c32)cc1. The Morgan fingerprint density at radius 1 is 0.756 bits per heavy atom. The first kappa shape index (κ1) is 30.1. The molecule has 0 radical (unpaired) electrons. The Bertz CT molecular complexity index is 2110. The molecule has 1 aliphatic heterocycles. The summed E-state index contributed by atoms with van der Waals surface area (Å²) in [7, 11) is 0. The summed E-state index contributed by atoms with van der Waals surface area (Å²) in [5.74, 6) is -0.628. The van der Waals surface area contributed by atoms with Gasteiger partial charge in [0.2, 0.25) is 5.60 Å². The number of imidazole rings is 1. The minimum Gasteiger partial charge on any atom is -0.439 e. The van der Waals surface area contributed by atoms with Gasteiger partial charge in [0.25, 0.3) is 0 Å². The van der Waals surface area contributed by atoms with E-state index in [0.29, 0.717) is 16.8 Å². The van der Waals surface area contributed by atoms with E-state index in [-0.39, 0.29) is 25.7 Å². The summed E-state index contributed by atoms with van der Waals surface area (Å²) in [6.07, 6.45) is 0. The van der Waals surface area contributed by atoms with E-state index in [1.54, 1.807) is 0 Å². The van der Waals surface area contributed by atoms with Gasteiger partial charge in [-0.2, -0.15) is 0 Å². The highest BCUT2D eigenvalue weighted by Gasteiger charge is 2.55. The van der Waals surface area contributed by atoms with Gasteiger partial charge in [-0.3, -0.25) is 4.40 Å². The first-order valence-corrected chi connectivity index (χ1v) is 16.4. The zero-order valence-corrected chi connectivity index (χ0v) is 27.9. The van der Waals surface area contributed by atoms with Gasteiger partial charge >= 0.3 is 5.97 Å². The molecule has 0 fully saturated rings. The molecule has 0 saturated carbocycles. The Kier molecular flexibility index (Phi) is 7.57. The lowest BCUT2D eigenvalue weighted by Gasteiger charge is -2.32. The third-order valence-electron chi connectivity index (χ3n) is 8.88. The number of ether oxygens (including phenoxy) is 1. The summed E-state index contributed by atoms with van der Waals surface area (Å²) in [5, 5.41) is 0.207. The average Bonchev–Trinajstić information content (AvgIpc) is 3.71. The zero-order valence-electron chi connectivity index (χ0n) is 24.9. The third kappa shape index (κ3) is 4.25. The normalized spacial score (nSPS) is 16.0. The minimum absolute atomic E-state index is 0.0118. The fourth-order valence-corrected chi connectivity index (χ4v) is 7.92. The number of fused-ring (bicyclic) bond motifs is 4. The van der Waals surface area contributed by atoms with E-state index in [1.807, 2.05) is 54.6 Å². The number of benzene rings is 4. The number of hydrogen-bond acceptors (Lipinski definition) is 3. The van der Waals surface area contributed by atoms with Gasteiger partial charge < -0.3 is 14.2 Å². The monoisotopic (exact) mass is 675 g/mol. The topological polar surface area (TPSA) is 38.9 Å². The molecule has 5 nitrogen and oxygen atoms in total. The molecule has 0 N–H and O–H groups in total. The molecule has 1 atom stereocenters. The lowest BCUT2D eigenvalue weighted by molar-refractivity contribution is 0.0240. The van der Waals surface area contributed by atoms with Gasteiger partial charge in [0.15, 0.2) is 0 Å². The van der Waals surface area contributed by atoms with E-state index in [2.05, 4.69) is 65.0 Å². The molecule has 6 aromatic rings. The second kappa shape index (κ2) is 11.3. The molecular formula is C36H29Cl4N3O2. The van der Waals surface area contributed by atoms with Crippen molar-refractivity contribution < 1.29 is 9.53 Å². The van der Waals surface area contributed by atoms with Crippen LogP contribution in [0.1, 0.15) is 48.0 Å². The summed E-state index contributed by atoms with van der Waals surface area (Å²) >= 11 is 27.2. The molecule has 228 valence electrons. The maximum atomic E-state index is 14.1. The molecule has 7 rings (SSSR count). The van der Waals surface area contributed by atoms with E-state index in [9.17, 15) is 4.79 Å². The Morgan fingerprint density at radius 2 is 1.38 bits per heavy atom. The highest BCUT2D eigenvalue weighted by atomic mass is 35.5. The first-order valence-electron chi connectivity index (χ1n) is 14.9. The van der Waals surface area contributed by atoms with Crippen LogP contribution in [0, 0.1) is 0 Å².